The van der Waals surface area contributed by atoms with Crippen LogP contribution in [0.1, 0.15) is 25.3 Å². The van der Waals surface area contributed by atoms with Gasteiger partial charge in [-0.05, 0) is 56.6 Å². The average Bonchev–Trinajstić information content (AvgIpc) is 2.75. The van der Waals surface area contributed by atoms with E-state index in [1.807, 2.05) is 0 Å². The van der Waals surface area contributed by atoms with Crippen LogP contribution in [0.3, 0.4) is 0 Å². The Morgan fingerprint density at radius 2 is 1.95 bits per heavy atom. The molecule has 2 aliphatic rings. The molecule has 3 heteroatoms. The normalized spacial score (nSPS) is 27.0. The smallest absolute Gasteiger partial charge is 0.119 e. The van der Waals surface area contributed by atoms with Gasteiger partial charge in [0.15, 0.2) is 0 Å². The third-order valence-electron chi connectivity index (χ3n) is 4.85. The predicted molar refractivity (Wildman–Crippen MR) is 76.7 cm³/mol. The number of hydrogen-bond acceptors (Lipinski definition) is 2. The summed E-state index contributed by atoms with van der Waals surface area (Å²) in [5.74, 6) is 0.943. The van der Waals surface area contributed by atoms with Crippen LogP contribution in [0.25, 0.3) is 10.9 Å². The first kappa shape index (κ1) is 11.4. The van der Waals surface area contributed by atoms with Gasteiger partial charge in [-0.15, -0.1) is 0 Å². The van der Waals surface area contributed by atoms with E-state index in [1.165, 1.54) is 43.3 Å². The second kappa shape index (κ2) is 4.27. The Hall–Kier alpha value is -1.48. The van der Waals surface area contributed by atoms with Crippen molar-refractivity contribution in [1.82, 2.24) is 9.47 Å². The van der Waals surface area contributed by atoms with Crippen LogP contribution in [0.4, 0.5) is 0 Å². The van der Waals surface area contributed by atoms with E-state index >= 15 is 0 Å². The van der Waals surface area contributed by atoms with E-state index in [-0.39, 0.29) is 0 Å². The lowest BCUT2D eigenvalue weighted by atomic mass is 9.83. The van der Waals surface area contributed by atoms with Crippen LogP contribution in [0, 0.1) is 0 Å². The van der Waals surface area contributed by atoms with Gasteiger partial charge >= 0.3 is 0 Å². The molecule has 1 aliphatic heterocycles. The lowest BCUT2D eigenvalue weighted by Gasteiger charge is -2.49. The Bertz CT molecular complexity index is 600. The minimum absolute atomic E-state index is 0.672. The van der Waals surface area contributed by atoms with Crippen LogP contribution in [-0.4, -0.2) is 35.7 Å². The highest BCUT2D eigenvalue weighted by atomic mass is 16.5. The van der Waals surface area contributed by atoms with Crippen molar-refractivity contribution in [1.29, 1.82) is 0 Å². The SMILES string of the molecule is COc1ccc2c(ccn2C2CCC2N2CCC2)c1. The van der Waals surface area contributed by atoms with Crippen molar-refractivity contribution in [2.24, 2.45) is 0 Å². The summed E-state index contributed by atoms with van der Waals surface area (Å²) < 4.78 is 7.77. The van der Waals surface area contributed by atoms with Crippen molar-refractivity contribution in [3.63, 3.8) is 0 Å². The summed E-state index contributed by atoms with van der Waals surface area (Å²) in [6.45, 7) is 2.60. The van der Waals surface area contributed by atoms with Crippen molar-refractivity contribution in [2.45, 2.75) is 31.3 Å². The summed E-state index contributed by atoms with van der Waals surface area (Å²) in [5.41, 5.74) is 1.34. The molecule has 3 nitrogen and oxygen atoms in total. The maximum Gasteiger partial charge on any atom is 0.119 e. The van der Waals surface area contributed by atoms with E-state index in [0.717, 1.165) is 11.8 Å². The molecule has 0 spiro atoms. The summed E-state index contributed by atoms with van der Waals surface area (Å²) >= 11 is 0. The molecule has 100 valence electrons. The molecule has 19 heavy (non-hydrogen) atoms. The van der Waals surface area contributed by atoms with Gasteiger partial charge in [0.1, 0.15) is 5.75 Å². The number of benzene rings is 1. The number of nitrogens with zero attached hydrogens (tertiary/aromatic N) is 2. The molecule has 1 aliphatic carbocycles. The molecule has 1 aromatic heterocycles. The van der Waals surface area contributed by atoms with Gasteiger partial charge in [0, 0.05) is 29.2 Å². The zero-order valence-electron chi connectivity index (χ0n) is 11.4. The lowest BCUT2D eigenvalue weighted by molar-refractivity contribution is 0.0246. The van der Waals surface area contributed by atoms with Gasteiger partial charge < -0.3 is 9.30 Å². The summed E-state index contributed by atoms with van der Waals surface area (Å²) in [5, 5.41) is 1.29. The predicted octanol–water partition coefficient (Wildman–Crippen LogP) is 3.06. The molecule has 0 radical (unpaired) electrons. The Morgan fingerprint density at radius 1 is 1.11 bits per heavy atom. The highest BCUT2D eigenvalue weighted by molar-refractivity contribution is 5.81. The number of ether oxygens (including phenoxy) is 1. The molecule has 0 amide bonds. The van der Waals surface area contributed by atoms with Crippen molar-refractivity contribution >= 4 is 10.9 Å². The third kappa shape index (κ3) is 1.68. The molecule has 0 bridgehead atoms. The molecule has 2 fully saturated rings. The summed E-state index contributed by atoms with van der Waals surface area (Å²) in [6.07, 6.45) is 6.31. The first-order valence-corrected chi connectivity index (χ1v) is 7.25. The fourth-order valence-electron chi connectivity index (χ4n) is 3.45. The highest BCUT2D eigenvalue weighted by Gasteiger charge is 2.38. The molecular formula is C16H20N2O. The van der Waals surface area contributed by atoms with Crippen molar-refractivity contribution in [3.8, 4) is 5.75 Å². The lowest BCUT2D eigenvalue weighted by Crippen LogP contribution is -2.53. The van der Waals surface area contributed by atoms with Gasteiger partial charge in [-0.2, -0.15) is 0 Å². The topological polar surface area (TPSA) is 17.4 Å². The molecular weight excluding hydrogens is 236 g/mol. The van der Waals surface area contributed by atoms with E-state index in [4.69, 9.17) is 4.74 Å². The molecule has 1 aromatic carbocycles. The van der Waals surface area contributed by atoms with Gasteiger partial charge in [-0.3, -0.25) is 4.90 Å². The largest absolute Gasteiger partial charge is 0.497 e. The van der Waals surface area contributed by atoms with Crippen molar-refractivity contribution in [2.75, 3.05) is 20.2 Å². The zero-order valence-corrected chi connectivity index (χ0v) is 11.4. The quantitative estimate of drug-likeness (QED) is 0.839. The Balaban J connectivity index is 1.67. The molecule has 4 rings (SSSR count). The first-order valence-electron chi connectivity index (χ1n) is 7.25. The monoisotopic (exact) mass is 256 g/mol. The van der Waals surface area contributed by atoms with Crippen LogP contribution < -0.4 is 4.74 Å². The maximum atomic E-state index is 5.30. The van der Waals surface area contributed by atoms with Crippen molar-refractivity contribution < 1.29 is 4.74 Å². The number of fused-ring (bicyclic) bond motifs is 1. The summed E-state index contributed by atoms with van der Waals surface area (Å²) in [4.78, 5) is 2.64. The zero-order chi connectivity index (χ0) is 12.8. The maximum absolute atomic E-state index is 5.30. The second-order valence-corrected chi connectivity index (χ2v) is 5.75. The number of hydrogen-bond donors (Lipinski definition) is 0. The van der Waals surface area contributed by atoms with Crippen LogP contribution in [0.15, 0.2) is 30.5 Å². The molecule has 2 aromatic rings. The van der Waals surface area contributed by atoms with Gasteiger partial charge in [-0.1, -0.05) is 0 Å². The molecule has 2 unspecified atom stereocenters. The van der Waals surface area contributed by atoms with Gasteiger partial charge in [0.05, 0.1) is 7.11 Å². The Labute approximate surface area is 113 Å². The van der Waals surface area contributed by atoms with E-state index in [1.54, 1.807) is 7.11 Å². The standard InChI is InChI=1S/C16H20N2O/c1-19-13-3-4-14-12(11-13)7-10-18(14)16-6-5-15(16)17-8-2-9-17/h3-4,7,10-11,15-16H,2,5-6,8-9H2,1H3. The first-order chi connectivity index (χ1) is 9.36. The molecule has 2 heterocycles. The van der Waals surface area contributed by atoms with Crippen LogP contribution >= 0.6 is 0 Å². The Morgan fingerprint density at radius 3 is 2.58 bits per heavy atom. The van der Waals surface area contributed by atoms with Gasteiger partial charge in [0.25, 0.3) is 0 Å². The van der Waals surface area contributed by atoms with Crippen LogP contribution in [-0.2, 0) is 0 Å². The summed E-state index contributed by atoms with van der Waals surface area (Å²) in [7, 11) is 1.73. The minimum atomic E-state index is 0.672. The number of likely N-dealkylation sites (tertiary alicyclic amines) is 1. The van der Waals surface area contributed by atoms with Gasteiger partial charge in [-0.25, -0.2) is 0 Å². The van der Waals surface area contributed by atoms with Gasteiger partial charge in [0.2, 0.25) is 0 Å². The fourth-order valence-corrected chi connectivity index (χ4v) is 3.45. The number of methoxy groups -OCH3 is 1. The Kier molecular flexibility index (Phi) is 2.55. The molecule has 1 saturated heterocycles. The highest BCUT2D eigenvalue weighted by Crippen LogP contribution is 2.40. The van der Waals surface area contributed by atoms with Crippen molar-refractivity contribution in [3.05, 3.63) is 30.5 Å². The van der Waals surface area contributed by atoms with E-state index < -0.39 is 0 Å². The van der Waals surface area contributed by atoms with E-state index in [2.05, 4.69) is 39.9 Å². The van der Waals surface area contributed by atoms with E-state index in [9.17, 15) is 0 Å². The van der Waals surface area contributed by atoms with Crippen LogP contribution in [0.2, 0.25) is 0 Å². The minimum Gasteiger partial charge on any atom is -0.497 e. The molecule has 2 atom stereocenters. The fraction of sp³-hybridized carbons (Fsp3) is 0.500. The summed E-state index contributed by atoms with van der Waals surface area (Å²) in [6, 6.07) is 10.0. The number of rotatable bonds is 3. The number of aromatic nitrogens is 1. The molecule has 1 saturated carbocycles. The second-order valence-electron chi connectivity index (χ2n) is 5.75. The van der Waals surface area contributed by atoms with E-state index in [0.29, 0.717) is 6.04 Å². The van der Waals surface area contributed by atoms with Crippen LogP contribution in [0.5, 0.6) is 5.75 Å². The third-order valence-corrected chi connectivity index (χ3v) is 4.85. The average molecular weight is 256 g/mol. The molecule has 0 N–H and O–H groups in total.